The van der Waals surface area contributed by atoms with Crippen molar-refractivity contribution in [2.75, 3.05) is 27.4 Å². The van der Waals surface area contributed by atoms with Crippen molar-refractivity contribution in [2.24, 2.45) is 5.41 Å². The fraction of sp³-hybridized carbons (Fsp3) is 0.609. The number of nitrogens with zero attached hydrogens (tertiary/aromatic N) is 1. The molecule has 2 rings (SSSR count). The van der Waals surface area contributed by atoms with Crippen LogP contribution in [0.1, 0.15) is 58.4 Å². The molecule has 1 aliphatic heterocycles. The zero-order chi connectivity index (χ0) is 22.5. The van der Waals surface area contributed by atoms with Gasteiger partial charge in [-0.05, 0) is 37.5 Å². The highest BCUT2D eigenvalue weighted by Crippen LogP contribution is 2.41. The van der Waals surface area contributed by atoms with Crippen LogP contribution in [0.5, 0.6) is 11.5 Å². The van der Waals surface area contributed by atoms with E-state index in [1.54, 1.807) is 40.2 Å². The molecule has 1 aromatic carbocycles. The van der Waals surface area contributed by atoms with Crippen LogP contribution in [0.15, 0.2) is 18.2 Å². The Hall–Kier alpha value is -2.57. The molecule has 0 aromatic heterocycles. The molecule has 1 saturated heterocycles. The predicted molar refractivity (Wildman–Crippen MR) is 113 cm³/mol. The minimum atomic E-state index is -0.887. The van der Waals surface area contributed by atoms with Gasteiger partial charge >= 0.3 is 5.97 Å². The second-order valence-corrected chi connectivity index (χ2v) is 8.18. The van der Waals surface area contributed by atoms with E-state index in [0.29, 0.717) is 37.3 Å². The average molecular weight is 420 g/mol. The van der Waals surface area contributed by atoms with E-state index in [-0.39, 0.29) is 12.5 Å². The minimum Gasteiger partial charge on any atom is -0.497 e. The molecule has 0 saturated carbocycles. The van der Waals surface area contributed by atoms with E-state index in [4.69, 9.17) is 14.2 Å². The van der Waals surface area contributed by atoms with E-state index in [9.17, 15) is 14.4 Å². The van der Waals surface area contributed by atoms with Crippen LogP contribution in [0, 0.1) is 5.41 Å². The first-order chi connectivity index (χ1) is 14.2. The van der Waals surface area contributed by atoms with Gasteiger partial charge in [-0.25, -0.2) is 4.79 Å². The van der Waals surface area contributed by atoms with Gasteiger partial charge in [0.25, 0.3) is 5.91 Å². The van der Waals surface area contributed by atoms with E-state index < -0.39 is 29.1 Å². The quantitative estimate of drug-likeness (QED) is 0.451. The second-order valence-electron chi connectivity index (χ2n) is 8.18. The van der Waals surface area contributed by atoms with Crippen molar-refractivity contribution < 1.29 is 28.6 Å². The Morgan fingerprint density at radius 3 is 2.40 bits per heavy atom. The van der Waals surface area contributed by atoms with Crippen molar-refractivity contribution in [1.29, 1.82) is 0 Å². The number of amides is 1. The monoisotopic (exact) mass is 419 g/mol. The summed E-state index contributed by atoms with van der Waals surface area (Å²) in [5, 5.41) is 0. The molecule has 0 N–H and O–H groups in total. The van der Waals surface area contributed by atoms with E-state index in [1.807, 2.05) is 19.9 Å². The standard InChI is InChI=1S/C23H33NO6/c1-7-13-30-22(27)19-16(17-14-15(28-5)9-10-18(17)29-6)11-12-24(19)21(26)20(25)23(3,4)8-2/h9-10,14,16,19H,7-8,11-13H2,1-6H3/t16?,19-/m0/s1. The third kappa shape index (κ3) is 4.77. The Morgan fingerprint density at radius 2 is 1.83 bits per heavy atom. The second kappa shape index (κ2) is 9.96. The van der Waals surface area contributed by atoms with Crippen LogP contribution in [0.25, 0.3) is 0 Å². The first kappa shape index (κ1) is 23.7. The van der Waals surface area contributed by atoms with Gasteiger partial charge in [0.15, 0.2) is 0 Å². The molecular formula is C23H33NO6. The minimum absolute atomic E-state index is 0.258. The summed E-state index contributed by atoms with van der Waals surface area (Å²) in [7, 11) is 3.12. The molecule has 1 unspecified atom stereocenters. The summed E-state index contributed by atoms with van der Waals surface area (Å²) < 4.78 is 16.3. The zero-order valence-electron chi connectivity index (χ0n) is 18.8. The molecule has 0 radical (unpaired) electrons. The lowest BCUT2D eigenvalue weighted by Gasteiger charge is -2.29. The number of hydrogen-bond acceptors (Lipinski definition) is 6. The highest BCUT2D eigenvalue weighted by Gasteiger charge is 2.47. The molecule has 1 aliphatic rings. The Kier molecular flexibility index (Phi) is 7.87. The number of carbonyl (C=O) groups excluding carboxylic acids is 3. The zero-order valence-corrected chi connectivity index (χ0v) is 18.8. The number of benzene rings is 1. The fourth-order valence-electron chi connectivity index (χ4n) is 3.63. The van der Waals surface area contributed by atoms with E-state index in [0.717, 1.165) is 5.56 Å². The van der Waals surface area contributed by atoms with Crippen LogP contribution in [0.4, 0.5) is 0 Å². The summed E-state index contributed by atoms with van der Waals surface area (Å²) in [5.41, 5.74) is -0.0338. The van der Waals surface area contributed by atoms with E-state index in [2.05, 4.69) is 0 Å². The van der Waals surface area contributed by atoms with E-state index >= 15 is 0 Å². The lowest BCUT2D eigenvalue weighted by atomic mass is 9.84. The maximum absolute atomic E-state index is 13.1. The number of esters is 1. The van der Waals surface area contributed by atoms with Crippen molar-refractivity contribution in [3.63, 3.8) is 0 Å². The number of carbonyl (C=O) groups is 3. The normalized spacial score (nSPS) is 18.8. The van der Waals surface area contributed by atoms with Gasteiger partial charge in [0, 0.05) is 23.4 Å². The molecule has 1 fully saturated rings. The van der Waals surface area contributed by atoms with Crippen molar-refractivity contribution >= 4 is 17.7 Å². The third-order valence-corrected chi connectivity index (χ3v) is 5.88. The lowest BCUT2D eigenvalue weighted by Crippen LogP contribution is -2.49. The molecule has 2 atom stereocenters. The smallest absolute Gasteiger partial charge is 0.329 e. The highest BCUT2D eigenvalue weighted by molar-refractivity contribution is 6.38. The number of ketones is 1. The number of ether oxygens (including phenoxy) is 3. The van der Waals surface area contributed by atoms with Crippen LogP contribution in [-0.4, -0.2) is 56.0 Å². The highest BCUT2D eigenvalue weighted by atomic mass is 16.5. The van der Waals surface area contributed by atoms with E-state index in [1.165, 1.54) is 4.90 Å². The number of rotatable bonds is 9. The molecule has 1 amide bonds. The van der Waals surface area contributed by atoms with Gasteiger partial charge in [0.2, 0.25) is 5.78 Å². The summed E-state index contributed by atoms with van der Waals surface area (Å²) in [5.74, 6) is -0.759. The summed E-state index contributed by atoms with van der Waals surface area (Å²) in [6.45, 7) is 7.81. The van der Waals surface area contributed by atoms with Crippen molar-refractivity contribution in [1.82, 2.24) is 4.90 Å². The maximum atomic E-state index is 13.1. The summed E-state index contributed by atoms with van der Waals surface area (Å²) in [6.07, 6.45) is 1.71. The number of hydrogen-bond donors (Lipinski definition) is 0. The molecule has 1 aromatic rings. The van der Waals surface area contributed by atoms with Crippen LogP contribution in [-0.2, 0) is 19.1 Å². The van der Waals surface area contributed by atoms with Gasteiger partial charge in [-0.2, -0.15) is 0 Å². The molecule has 0 bridgehead atoms. The van der Waals surface area contributed by atoms with Crippen LogP contribution < -0.4 is 9.47 Å². The number of likely N-dealkylation sites (tertiary alicyclic amines) is 1. The third-order valence-electron chi connectivity index (χ3n) is 5.88. The van der Waals surface area contributed by atoms with Crippen molar-refractivity contribution in [2.45, 2.75) is 58.9 Å². The summed E-state index contributed by atoms with van der Waals surface area (Å²) in [6, 6.07) is 4.48. The van der Waals surface area contributed by atoms with Crippen molar-refractivity contribution in [3.05, 3.63) is 23.8 Å². The van der Waals surface area contributed by atoms with Crippen LogP contribution in [0.2, 0.25) is 0 Å². The van der Waals surface area contributed by atoms with Gasteiger partial charge in [-0.3, -0.25) is 9.59 Å². The molecule has 0 aliphatic carbocycles. The topological polar surface area (TPSA) is 82.1 Å². The number of Topliss-reactive ketones (excluding diaryl/α,β-unsaturated/α-hetero) is 1. The first-order valence-electron chi connectivity index (χ1n) is 10.5. The van der Waals surface area contributed by atoms with Gasteiger partial charge in [0.1, 0.15) is 17.5 Å². The number of methoxy groups -OCH3 is 2. The van der Waals surface area contributed by atoms with Gasteiger partial charge in [-0.1, -0.05) is 27.7 Å². The molecule has 1 heterocycles. The first-order valence-corrected chi connectivity index (χ1v) is 10.5. The Balaban J connectivity index is 2.46. The molecule has 7 nitrogen and oxygen atoms in total. The molecule has 0 spiro atoms. The summed E-state index contributed by atoms with van der Waals surface area (Å²) in [4.78, 5) is 40.3. The molecule has 30 heavy (non-hydrogen) atoms. The van der Waals surface area contributed by atoms with Gasteiger partial charge < -0.3 is 19.1 Å². The van der Waals surface area contributed by atoms with Crippen LogP contribution in [0.3, 0.4) is 0 Å². The predicted octanol–water partition coefficient (Wildman–Crippen LogP) is 3.35. The van der Waals surface area contributed by atoms with Crippen molar-refractivity contribution in [3.8, 4) is 11.5 Å². The molecule has 7 heteroatoms. The van der Waals surface area contributed by atoms with Gasteiger partial charge in [0.05, 0.1) is 20.8 Å². The molecule has 166 valence electrons. The SMILES string of the molecule is CCCOC(=O)[C@@H]1C(c2cc(OC)ccc2OC)CCN1C(=O)C(=O)C(C)(C)CC. The fourth-order valence-corrected chi connectivity index (χ4v) is 3.63. The molecular weight excluding hydrogens is 386 g/mol. The average Bonchev–Trinajstić information content (AvgIpc) is 3.20. The Bertz CT molecular complexity index is 788. The van der Waals surface area contributed by atoms with Crippen LogP contribution >= 0.6 is 0 Å². The largest absolute Gasteiger partial charge is 0.497 e. The van der Waals surface area contributed by atoms with Gasteiger partial charge in [-0.15, -0.1) is 0 Å². The Morgan fingerprint density at radius 1 is 1.13 bits per heavy atom. The maximum Gasteiger partial charge on any atom is 0.329 e. The Labute approximate surface area is 178 Å². The summed E-state index contributed by atoms with van der Waals surface area (Å²) >= 11 is 0. The lowest BCUT2D eigenvalue weighted by molar-refractivity contribution is -0.157.